The van der Waals surface area contributed by atoms with Crippen LogP contribution in [0.25, 0.3) is 87.4 Å². The number of hydrogen-bond acceptors (Lipinski definition) is 5. The van der Waals surface area contributed by atoms with Crippen molar-refractivity contribution in [2.24, 2.45) is 0 Å². The van der Waals surface area contributed by atoms with Crippen molar-refractivity contribution in [2.75, 3.05) is 9.80 Å². The van der Waals surface area contributed by atoms with E-state index in [1.54, 1.807) is 0 Å². The Labute approximate surface area is 382 Å². The molecule has 0 aliphatic rings. The van der Waals surface area contributed by atoms with E-state index in [9.17, 15) is 0 Å². The molecule has 10 aromatic carbocycles. The second kappa shape index (κ2) is 14.5. The molecule has 0 saturated heterocycles. The molecule has 3 heterocycles. The summed E-state index contributed by atoms with van der Waals surface area (Å²) in [6.07, 6.45) is 0. The Morgan fingerprint density at radius 3 is 1.18 bits per heavy atom. The van der Waals surface area contributed by atoms with Crippen molar-refractivity contribution in [2.45, 2.75) is 26.6 Å². The van der Waals surface area contributed by atoms with E-state index < -0.39 is 8.07 Å². The van der Waals surface area contributed by atoms with Crippen LogP contribution in [0.15, 0.2) is 207 Å². The number of hydrogen-bond donors (Lipinski definition) is 0. The molecule has 0 aliphatic heterocycles. The Morgan fingerprint density at radius 2 is 0.727 bits per heavy atom. The van der Waals surface area contributed by atoms with E-state index in [-0.39, 0.29) is 0 Å². The number of nitrogens with zero attached hydrogens (tertiary/aromatic N) is 2. The predicted molar refractivity (Wildman–Crippen MR) is 280 cm³/mol. The molecule has 5 nitrogen and oxygen atoms in total. The Kier molecular flexibility index (Phi) is 8.42. The van der Waals surface area contributed by atoms with Gasteiger partial charge in [0.1, 0.15) is 22.3 Å². The van der Waals surface area contributed by atoms with Crippen LogP contribution in [0, 0.1) is 6.92 Å². The third kappa shape index (κ3) is 5.85. The van der Waals surface area contributed by atoms with Crippen LogP contribution in [-0.2, 0) is 0 Å². The Hall–Kier alpha value is -8.06. The largest absolute Gasteiger partial charge is 0.456 e. The molecule has 13 aromatic rings. The second-order valence-electron chi connectivity index (χ2n) is 18.5. The number of rotatable bonds is 7. The number of fused-ring (bicyclic) bond motifs is 13. The molecule has 0 radical (unpaired) electrons. The van der Waals surface area contributed by atoms with E-state index in [1.165, 1.54) is 10.8 Å². The van der Waals surface area contributed by atoms with Gasteiger partial charge in [0.05, 0.1) is 30.8 Å². The minimum absolute atomic E-state index is 0.806. The molecule has 0 bridgehead atoms. The van der Waals surface area contributed by atoms with Gasteiger partial charge >= 0.3 is 0 Å². The summed E-state index contributed by atoms with van der Waals surface area (Å²) >= 11 is 0. The van der Waals surface area contributed by atoms with Crippen molar-refractivity contribution in [1.82, 2.24) is 0 Å². The normalized spacial score (nSPS) is 12.2. The van der Waals surface area contributed by atoms with Gasteiger partial charge in [0.2, 0.25) is 0 Å². The zero-order valence-electron chi connectivity index (χ0n) is 37.1. The van der Waals surface area contributed by atoms with Crippen molar-refractivity contribution in [3.63, 3.8) is 0 Å². The monoisotopic (exact) mass is 868 g/mol. The first-order chi connectivity index (χ1) is 32.3. The summed E-state index contributed by atoms with van der Waals surface area (Å²) in [5, 5.41) is 12.4. The average molecular weight is 869 g/mol. The number of para-hydroxylation sites is 4. The first-order valence-corrected chi connectivity index (χ1v) is 26.2. The number of anilines is 6. The van der Waals surface area contributed by atoms with E-state index in [0.29, 0.717) is 0 Å². The number of aryl methyl sites for hydroxylation is 1. The van der Waals surface area contributed by atoms with Crippen molar-refractivity contribution in [3.8, 4) is 0 Å². The molecular weight excluding hydrogens is 825 g/mol. The maximum Gasteiger partial charge on any atom is 0.159 e. The summed E-state index contributed by atoms with van der Waals surface area (Å²) in [6.45, 7) is 9.31. The van der Waals surface area contributed by atoms with Gasteiger partial charge in [-0.3, -0.25) is 0 Å². The molecular formula is C60H44N2O3Si. The predicted octanol–water partition coefficient (Wildman–Crippen LogP) is 17.5. The van der Waals surface area contributed by atoms with Gasteiger partial charge < -0.3 is 23.1 Å². The lowest BCUT2D eigenvalue weighted by atomic mass is 9.96. The van der Waals surface area contributed by atoms with Crippen LogP contribution in [0.2, 0.25) is 19.6 Å². The molecule has 316 valence electrons. The lowest BCUT2D eigenvalue weighted by molar-refractivity contribution is 0.667. The van der Waals surface area contributed by atoms with E-state index in [2.05, 4.69) is 212 Å². The fourth-order valence-electron chi connectivity index (χ4n) is 10.3. The summed E-state index contributed by atoms with van der Waals surface area (Å²) in [5.74, 6) is 0. The zero-order chi connectivity index (χ0) is 44.3. The summed E-state index contributed by atoms with van der Waals surface area (Å²) in [5.41, 5.74) is 12.2. The summed E-state index contributed by atoms with van der Waals surface area (Å²) < 4.78 is 20.8. The fourth-order valence-corrected chi connectivity index (χ4v) is 11.4. The molecule has 0 amide bonds. The summed E-state index contributed by atoms with van der Waals surface area (Å²) in [6, 6.07) is 69.4. The second-order valence-corrected chi connectivity index (χ2v) is 23.6. The van der Waals surface area contributed by atoms with Gasteiger partial charge in [-0.25, -0.2) is 0 Å². The van der Waals surface area contributed by atoms with Crippen LogP contribution in [0.1, 0.15) is 5.56 Å². The van der Waals surface area contributed by atoms with E-state index in [1.807, 2.05) is 18.2 Å². The molecule has 0 unspecified atom stereocenters. The molecule has 13 rings (SSSR count). The Morgan fingerprint density at radius 1 is 0.333 bits per heavy atom. The van der Waals surface area contributed by atoms with Crippen molar-refractivity contribution in [3.05, 3.63) is 200 Å². The van der Waals surface area contributed by atoms with Gasteiger partial charge in [-0.15, -0.1) is 0 Å². The van der Waals surface area contributed by atoms with Crippen LogP contribution in [-0.4, -0.2) is 8.07 Å². The molecule has 0 atom stereocenters. The SMILES string of the molecule is Cc1ccc(N(c2cc3oc4cc(N(c5ccc([Si](C)(C)C)cc5)c5cccc6c5oc5ccccc56)c5ccccc5c4c3c3ccccc23)c2cccc3c2oc2ccccc23)cc1. The Bertz CT molecular complexity index is 4060. The topological polar surface area (TPSA) is 45.9 Å². The first-order valence-electron chi connectivity index (χ1n) is 22.7. The van der Waals surface area contributed by atoms with Crippen LogP contribution in [0.5, 0.6) is 0 Å². The summed E-state index contributed by atoms with van der Waals surface area (Å²) in [4.78, 5) is 4.70. The van der Waals surface area contributed by atoms with Gasteiger partial charge in [0.15, 0.2) is 11.2 Å². The standard InChI is InChI=1S/C60H44N2O3Si/c1-37-27-29-38(30-28-37)61(49-23-13-21-47-43-17-9-11-25-53(43)64-59(47)49)51-35-55-57(45-19-7-5-15-41(45)51)58-46-20-8-6-16-42(46)52(36-56(58)63-55)62(39-31-33-40(34-32-39)66(2,3)4)50-24-14-22-48-44-18-10-12-26-54(44)65-60(48)50/h5-36H,1-4H3. The maximum atomic E-state index is 7.25. The highest BCUT2D eigenvalue weighted by Gasteiger charge is 2.27. The van der Waals surface area contributed by atoms with Crippen LogP contribution in [0.3, 0.4) is 0 Å². The van der Waals surface area contributed by atoms with Crippen LogP contribution >= 0.6 is 0 Å². The smallest absolute Gasteiger partial charge is 0.159 e. The lowest BCUT2D eigenvalue weighted by Gasteiger charge is -2.28. The first kappa shape index (κ1) is 38.4. The molecule has 0 saturated carbocycles. The lowest BCUT2D eigenvalue weighted by Crippen LogP contribution is -2.37. The third-order valence-corrected chi connectivity index (χ3v) is 15.5. The van der Waals surface area contributed by atoms with E-state index in [0.717, 1.165) is 121 Å². The highest BCUT2D eigenvalue weighted by molar-refractivity contribution is 6.88. The Balaban J connectivity index is 1.10. The quantitative estimate of drug-likeness (QED) is 0.149. The van der Waals surface area contributed by atoms with Gasteiger partial charge in [-0.2, -0.15) is 0 Å². The zero-order valence-corrected chi connectivity index (χ0v) is 38.1. The van der Waals surface area contributed by atoms with Crippen molar-refractivity contribution >= 4 is 135 Å². The van der Waals surface area contributed by atoms with Crippen LogP contribution < -0.4 is 15.0 Å². The number of benzene rings is 10. The van der Waals surface area contributed by atoms with E-state index in [4.69, 9.17) is 13.3 Å². The molecule has 0 spiro atoms. The maximum absolute atomic E-state index is 7.25. The van der Waals surface area contributed by atoms with Crippen LogP contribution in [0.4, 0.5) is 34.1 Å². The molecule has 3 aromatic heterocycles. The van der Waals surface area contributed by atoms with E-state index >= 15 is 0 Å². The third-order valence-electron chi connectivity index (χ3n) is 13.5. The van der Waals surface area contributed by atoms with Gasteiger partial charge in [0.25, 0.3) is 0 Å². The minimum atomic E-state index is -1.58. The molecule has 0 fully saturated rings. The molecule has 66 heavy (non-hydrogen) atoms. The van der Waals surface area contributed by atoms with Crippen molar-refractivity contribution < 1.29 is 13.3 Å². The number of furan rings is 3. The summed E-state index contributed by atoms with van der Waals surface area (Å²) in [7, 11) is -1.58. The van der Waals surface area contributed by atoms with Crippen molar-refractivity contribution in [1.29, 1.82) is 0 Å². The average Bonchev–Trinajstić information content (AvgIpc) is 4.04. The molecule has 6 heteroatoms. The fraction of sp³-hybridized carbons (Fsp3) is 0.0667. The van der Waals surface area contributed by atoms with Gasteiger partial charge in [-0.05, 0) is 66.2 Å². The molecule has 0 N–H and O–H groups in total. The highest BCUT2D eigenvalue weighted by Crippen LogP contribution is 2.51. The van der Waals surface area contributed by atoms with Gasteiger partial charge in [-0.1, -0.05) is 164 Å². The van der Waals surface area contributed by atoms with Gasteiger partial charge in [0, 0.05) is 66.6 Å². The highest BCUT2D eigenvalue weighted by atomic mass is 28.3. The minimum Gasteiger partial charge on any atom is -0.456 e. The molecule has 0 aliphatic carbocycles.